The van der Waals surface area contributed by atoms with Crippen molar-refractivity contribution in [2.24, 2.45) is 0 Å². The zero-order valence-electron chi connectivity index (χ0n) is 10.4. The molecule has 2 heteroatoms. The number of hydrogen-bond donors (Lipinski definition) is 0. The highest BCUT2D eigenvalue weighted by atomic mass is 16.1. The minimum atomic E-state index is 0.198. The number of carbonyl (C=O) groups excluding carboxylic acids is 1. The summed E-state index contributed by atoms with van der Waals surface area (Å²) in [5.74, 6) is 0.198. The van der Waals surface area contributed by atoms with Crippen LogP contribution in [0, 0.1) is 0 Å². The number of quaternary nitrogens is 1. The molecule has 0 atom stereocenters. The first-order valence-electron chi connectivity index (χ1n) is 5.50. The molecule has 0 aliphatic carbocycles. The maximum atomic E-state index is 11.3. The van der Waals surface area contributed by atoms with Gasteiger partial charge in [-0.1, -0.05) is 13.2 Å². The number of likely N-dealkylation sites (N-methyl/N-ethyl adjacent to an activating group) is 1. The van der Waals surface area contributed by atoms with Gasteiger partial charge >= 0.3 is 0 Å². The molecule has 0 saturated heterocycles. The third-order valence-electron chi connectivity index (χ3n) is 2.52. The minimum Gasteiger partial charge on any atom is -0.325 e. The van der Waals surface area contributed by atoms with Crippen molar-refractivity contribution < 1.29 is 9.28 Å². The molecule has 2 nitrogen and oxygen atoms in total. The minimum absolute atomic E-state index is 0.198. The van der Waals surface area contributed by atoms with Crippen molar-refractivity contribution in [3.63, 3.8) is 0 Å². The molecule has 0 aromatic rings. The van der Waals surface area contributed by atoms with E-state index >= 15 is 0 Å². The second-order valence-corrected chi connectivity index (χ2v) is 4.79. The SMILES string of the molecule is C=CC[N+](C)(C)CCCCC(=O)C(=C)C. The Balaban J connectivity index is 3.66. The molecular formula is C13H24NO+. The lowest BCUT2D eigenvalue weighted by molar-refractivity contribution is -0.884. The Hall–Kier alpha value is -0.890. The van der Waals surface area contributed by atoms with E-state index in [1.165, 1.54) is 0 Å². The smallest absolute Gasteiger partial charge is 0.157 e. The molecule has 0 saturated carbocycles. The fourth-order valence-corrected chi connectivity index (χ4v) is 1.48. The van der Waals surface area contributed by atoms with Crippen molar-refractivity contribution in [1.82, 2.24) is 0 Å². The molecule has 15 heavy (non-hydrogen) atoms. The van der Waals surface area contributed by atoms with Gasteiger partial charge in [0.1, 0.15) is 0 Å². The fourth-order valence-electron chi connectivity index (χ4n) is 1.48. The Bertz CT molecular complexity index is 241. The molecule has 0 aromatic heterocycles. The maximum absolute atomic E-state index is 11.3. The van der Waals surface area contributed by atoms with E-state index in [9.17, 15) is 4.79 Å². The van der Waals surface area contributed by atoms with Crippen molar-refractivity contribution in [3.05, 3.63) is 24.8 Å². The van der Waals surface area contributed by atoms with Crippen LogP contribution in [0.25, 0.3) is 0 Å². The molecule has 0 aliphatic heterocycles. The van der Waals surface area contributed by atoms with Crippen molar-refractivity contribution in [2.45, 2.75) is 26.2 Å². The summed E-state index contributed by atoms with van der Waals surface area (Å²) in [5, 5.41) is 0. The predicted molar refractivity (Wildman–Crippen MR) is 65.7 cm³/mol. The van der Waals surface area contributed by atoms with Crippen molar-refractivity contribution in [3.8, 4) is 0 Å². The van der Waals surface area contributed by atoms with Gasteiger partial charge in [0.05, 0.1) is 27.2 Å². The van der Waals surface area contributed by atoms with Gasteiger partial charge in [0.2, 0.25) is 0 Å². The van der Waals surface area contributed by atoms with Gasteiger partial charge in [-0.25, -0.2) is 0 Å². The third-order valence-corrected chi connectivity index (χ3v) is 2.52. The highest BCUT2D eigenvalue weighted by Crippen LogP contribution is 2.06. The molecule has 0 bridgehead atoms. The van der Waals surface area contributed by atoms with Gasteiger partial charge in [-0.15, -0.1) is 0 Å². The van der Waals surface area contributed by atoms with Crippen LogP contribution in [0.1, 0.15) is 26.2 Å². The molecule has 0 unspecified atom stereocenters. The van der Waals surface area contributed by atoms with Crippen LogP contribution in [-0.4, -0.2) is 37.5 Å². The number of carbonyl (C=O) groups is 1. The maximum Gasteiger partial charge on any atom is 0.157 e. The Labute approximate surface area is 93.9 Å². The van der Waals surface area contributed by atoms with Crippen LogP contribution < -0.4 is 0 Å². The topological polar surface area (TPSA) is 17.1 Å². The summed E-state index contributed by atoms with van der Waals surface area (Å²) < 4.78 is 0.949. The lowest BCUT2D eigenvalue weighted by Gasteiger charge is -2.28. The molecule has 0 radical (unpaired) electrons. The fraction of sp³-hybridized carbons (Fsp3) is 0.615. The van der Waals surface area contributed by atoms with Gasteiger partial charge in [-0.2, -0.15) is 0 Å². The third kappa shape index (κ3) is 7.09. The average Bonchev–Trinajstić information content (AvgIpc) is 2.11. The van der Waals surface area contributed by atoms with Gasteiger partial charge in [0, 0.05) is 6.42 Å². The summed E-state index contributed by atoms with van der Waals surface area (Å²) in [7, 11) is 4.37. The summed E-state index contributed by atoms with van der Waals surface area (Å²) in [5.41, 5.74) is 0.676. The first-order chi connectivity index (χ1) is 6.89. The molecule has 0 N–H and O–H groups in total. The Morgan fingerprint density at radius 3 is 2.40 bits per heavy atom. The van der Waals surface area contributed by atoms with Gasteiger partial charge < -0.3 is 4.48 Å². The number of nitrogens with zero attached hydrogens (tertiary/aromatic N) is 1. The average molecular weight is 210 g/mol. The molecule has 0 amide bonds. The summed E-state index contributed by atoms with van der Waals surface area (Å²) in [6.07, 6.45) is 4.63. The number of ketones is 1. The van der Waals surface area contributed by atoms with E-state index in [0.717, 1.165) is 30.4 Å². The standard InChI is InChI=1S/C13H24NO/c1-6-10-14(4,5)11-8-7-9-13(15)12(2)3/h6H,1-2,7-11H2,3-5H3/q+1. The van der Waals surface area contributed by atoms with Gasteiger partial charge in [-0.3, -0.25) is 4.79 Å². The lowest BCUT2D eigenvalue weighted by Crippen LogP contribution is -2.40. The monoisotopic (exact) mass is 210 g/mol. The second-order valence-electron chi connectivity index (χ2n) is 4.79. The number of Topliss-reactive ketones (excluding diaryl/α,β-unsaturated/α-hetero) is 1. The molecule has 0 rings (SSSR count). The van der Waals surface area contributed by atoms with Gasteiger partial charge in [0.25, 0.3) is 0 Å². The van der Waals surface area contributed by atoms with Gasteiger partial charge in [0.15, 0.2) is 5.78 Å². The summed E-state index contributed by atoms with van der Waals surface area (Å²) in [6, 6.07) is 0. The Morgan fingerprint density at radius 2 is 1.93 bits per heavy atom. The van der Waals surface area contributed by atoms with Crippen LogP contribution in [0.15, 0.2) is 24.8 Å². The van der Waals surface area contributed by atoms with Crippen LogP contribution in [0.5, 0.6) is 0 Å². The van der Waals surface area contributed by atoms with E-state index in [2.05, 4.69) is 27.3 Å². The van der Waals surface area contributed by atoms with Crippen molar-refractivity contribution in [1.29, 1.82) is 0 Å². The van der Waals surface area contributed by atoms with Crippen LogP contribution in [-0.2, 0) is 4.79 Å². The number of hydrogen-bond acceptors (Lipinski definition) is 1. The molecule has 0 aromatic carbocycles. The molecular weight excluding hydrogens is 186 g/mol. The van der Waals surface area contributed by atoms with E-state index in [1.54, 1.807) is 6.92 Å². The zero-order valence-corrected chi connectivity index (χ0v) is 10.4. The van der Waals surface area contributed by atoms with Crippen LogP contribution in [0.2, 0.25) is 0 Å². The van der Waals surface area contributed by atoms with E-state index in [0.29, 0.717) is 12.0 Å². The molecule has 0 spiro atoms. The molecule has 86 valence electrons. The number of unbranched alkanes of at least 4 members (excludes halogenated alkanes) is 1. The lowest BCUT2D eigenvalue weighted by atomic mass is 10.1. The quantitative estimate of drug-likeness (QED) is 0.260. The predicted octanol–water partition coefficient (Wildman–Crippen LogP) is 2.56. The highest BCUT2D eigenvalue weighted by Gasteiger charge is 2.12. The molecule has 0 aliphatic rings. The number of rotatable bonds is 8. The van der Waals surface area contributed by atoms with Crippen LogP contribution >= 0.6 is 0 Å². The van der Waals surface area contributed by atoms with Crippen LogP contribution in [0.4, 0.5) is 0 Å². The number of allylic oxidation sites excluding steroid dienone is 1. The van der Waals surface area contributed by atoms with Crippen LogP contribution in [0.3, 0.4) is 0 Å². The summed E-state index contributed by atoms with van der Waals surface area (Å²) in [4.78, 5) is 11.3. The van der Waals surface area contributed by atoms with Gasteiger partial charge in [-0.05, 0) is 31.4 Å². The van der Waals surface area contributed by atoms with E-state index in [-0.39, 0.29) is 5.78 Å². The summed E-state index contributed by atoms with van der Waals surface area (Å²) in [6.45, 7) is 11.2. The first-order valence-corrected chi connectivity index (χ1v) is 5.50. The Morgan fingerprint density at radius 1 is 1.33 bits per heavy atom. The Kier molecular flexibility index (Phi) is 6.18. The highest BCUT2D eigenvalue weighted by molar-refractivity contribution is 5.93. The largest absolute Gasteiger partial charge is 0.325 e. The van der Waals surface area contributed by atoms with Crippen molar-refractivity contribution in [2.75, 3.05) is 27.2 Å². The zero-order chi connectivity index (χ0) is 11.9. The van der Waals surface area contributed by atoms with E-state index in [1.807, 2.05) is 6.08 Å². The summed E-state index contributed by atoms with van der Waals surface area (Å²) >= 11 is 0. The van der Waals surface area contributed by atoms with E-state index < -0.39 is 0 Å². The normalized spacial score (nSPS) is 11.1. The molecule has 0 heterocycles. The van der Waals surface area contributed by atoms with E-state index in [4.69, 9.17) is 0 Å². The van der Waals surface area contributed by atoms with Crippen molar-refractivity contribution >= 4 is 5.78 Å². The molecule has 0 fully saturated rings. The first kappa shape index (κ1) is 14.1. The second kappa shape index (κ2) is 6.57.